The predicted octanol–water partition coefficient (Wildman–Crippen LogP) is 3.01. The molecule has 0 N–H and O–H groups in total. The van der Waals surface area contributed by atoms with E-state index in [0.717, 1.165) is 23.4 Å². The van der Waals surface area contributed by atoms with Gasteiger partial charge in [-0.05, 0) is 50.1 Å². The van der Waals surface area contributed by atoms with Crippen molar-refractivity contribution in [3.8, 4) is 5.75 Å². The molecule has 0 aliphatic rings. The summed E-state index contributed by atoms with van der Waals surface area (Å²) in [4.78, 5) is 12.7. The molecule has 4 heteroatoms. The van der Waals surface area contributed by atoms with E-state index in [-0.39, 0.29) is 5.78 Å². The molecule has 2 aromatic rings. The minimum absolute atomic E-state index is 0.0132. The van der Waals surface area contributed by atoms with E-state index in [9.17, 15) is 4.79 Å². The monoisotopic (exact) mass is 272 g/mol. The summed E-state index contributed by atoms with van der Waals surface area (Å²) in [6.45, 7) is 6.64. The van der Waals surface area contributed by atoms with Crippen LogP contribution in [0.1, 0.15) is 41.2 Å². The number of nitrogens with zero attached hydrogens (tertiary/aromatic N) is 2. The average Bonchev–Trinajstić information content (AvgIpc) is 2.89. The Kier molecular flexibility index (Phi) is 4.23. The molecule has 0 bridgehead atoms. The molecule has 0 saturated heterocycles. The van der Waals surface area contributed by atoms with Crippen LogP contribution in [0.15, 0.2) is 24.3 Å². The van der Waals surface area contributed by atoms with Gasteiger partial charge in [-0.2, -0.15) is 5.10 Å². The second-order valence-electron chi connectivity index (χ2n) is 4.70. The third-order valence-electron chi connectivity index (χ3n) is 3.40. The lowest BCUT2D eigenvalue weighted by Gasteiger charge is -2.08. The Morgan fingerprint density at radius 2 is 2.05 bits per heavy atom. The first-order valence-corrected chi connectivity index (χ1v) is 6.86. The van der Waals surface area contributed by atoms with Crippen LogP contribution in [0, 0.1) is 6.92 Å². The van der Waals surface area contributed by atoms with Crippen LogP contribution in [0.3, 0.4) is 0 Å². The van der Waals surface area contributed by atoms with Crippen molar-refractivity contribution in [2.75, 3.05) is 7.11 Å². The van der Waals surface area contributed by atoms with E-state index in [0.29, 0.717) is 17.8 Å². The summed E-state index contributed by atoms with van der Waals surface area (Å²) in [5.74, 6) is 0.775. The smallest absolute Gasteiger partial charge is 0.211 e. The number of ketones is 1. The number of carbonyl (C=O) groups is 1. The van der Waals surface area contributed by atoms with Gasteiger partial charge < -0.3 is 4.74 Å². The molecule has 0 fully saturated rings. The summed E-state index contributed by atoms with van der Waals surface area (Å²) in [7, 11) is 1.62. The number of benzene rings is 1. The van der Waals surface area contributed by atoms with Gasteiger partial charge in [-0.15, -0.1) is 0 Å². The fourth-order valence-corrected chi connectivity index (χ4v) is 2.22. The number of methoxy groups -OCH3 is 1. The number of aryl methyl sites for hydroxylation is 3. The third kappa shape index (κ3) is 2.59. The van der Waals surface area contributed by atoms with Crippen LogP contribution < -0.4 is 4.74 Å². The average molecular weight is 272 g/mol. The molecule has 106 valence electrons. The van der Waals surface area contributed by atoms with Crippen LogP contribution in [-0.4, -0.2) is 22.7 Å². The minimum atomic E-state index is 0.0132. The summed E-state index contributed by atoms with van der Waals surface area (Å²) in [5.41, 5.74) is 3.21. The van der Waals surface area contributed by atoms with Crippen molar-refractivity contribution in [3.05, 3.63) is 46.8 Å². The molecule has 20 heavy (non-hydrogen) atoms. The largest absolute Gasteiger partial charge is 0.497 e. The van der Waals surface area contributed by atoms with Crippen molar-refractivity contribution in [3.63, 3.8) is 0 Å². The van der Waals surface area contributed by atoms with Gasteiger partial charge in [0.15, 0.2) is 0 Å². The zero-order valence-electron chi connectivity index (χ0n) is 12.4. The molecule has 0 spiro atoms. The van der Waals surface area contributed by atoms with Gasteiger partial charge in [-0.25, -0.2) is 0 Å². The van der Waals surface area contributed by atoms with Gasteiger partial charge in [0.2, 0.25) is 5.78 Å². The molecule has 2 rings (SSSR count). The standard InChI is InChI=1S/C16H20N2O2/c1-5-12-10-15(18(6-2)17-12)16(19)14-8-7-13(20-4)9-11(14)3/h7-10H,5-6H2,1-4H3. The van der Waals surface area contributed by atoms with E-state index in [1.807, 2.05) is 45.0 Å². The van der Waals surface area contributed by atoms with E-state index < -0.39 is 0 Å². The molecule has 4 nitrogen and oxygen atoms in total. The van der Waals surface area contributed by atoms with Crippen LogP contribution in [0.4, 0.5) is 0 Å². The number of carbonyl (C=O) groups excluding carboxylic acids is 1. The molecule has 0 amide bonds. The molecule has 1 heterocycles. The van der Waals surface area contributed by atoms with Crippen LogP contribution in [-0.2, 0) is 13.0 Å². The molecule has 1 aromatic heterocycles. The predicted molar refractivity (Wildman–Crippen MR) is 78.4 cm³/mol. The molecule has 0 aliphatic heterocycles. The summed E-state index contributed by atoms with van der Waals surface area (Å²) in [6, 6.07) is 7.39. The fourth-order valence-electron chi connectivity index (χ4n) is 2.22. The van der Waals surface area contributed by atoms with E-state index in [2.05, 4.69) is 5.10 Å². The molecule has 0 radical (unpaired) electrons. The quantitative estimate of drug-likeness (QED) is 0.786. The number of hydrogen-bond acceptors (Lipinski definition) is 3. The highest BCUT2D eigenvalue weighted by atomic mass is 16.5. The highest BCUT2D eigenvalue weighted by molar-refractivity contribution is 6.09. The van der Waals surface area contributed by atoms with Gasteiger partial charge >= 0.3 is 0 Å². The third-order valence-corrected chi connectivity index (χ3v) is 3.40. The van der Waals surface area contributed by atoms with Gasteiger partial charge in [-0.3, -0.25) is 9.48 Å². The van der Waals surface area contributed by atoms with Gasteiger partial charge in [0.05, 0.1) is 12.8 Å². The lowest BCUT2D eigenvalue weighted by atomic mass is 10.0. The maximum atomic E-state index is 12.7. The normalized spacial score (nSPS) is 10.6. The zero-order chi connectivity index (χ0) is 14.7. The van der Waals surface area contributed by atoms with Crippen molar-refractivity contribution in [2.45, 2.75) is 33.7 Å². The molecular weight excluding hydrogens is 252 g/mol. The molecular formula is C16H20N2O2. The van der Waals surface area contributed by atoms with E-state index in [4.69, 9.17) is 4.74 Å². The van der Waals surface area contributed by atoms with E-state index in [1.165, 1.54) is 0 Å². The Morgan fingerprint density at radius 3 is 2.60 bits per heavy atom. The van der Waals surface area contributed by atoms with Crippen molar-refractivity contribution in [1.82, 2.24) is 9.78 Å². The van der Waals surface area contributed by atoms with Crippen LogP contribution in [0.25, 0.3) is 0 Å². The summed E-state index contributed by atoms with van der Waals surface area (Å²) in [5, 5.41) is 4.43. The second-order valence-corrected chi connectivity index (χ2v) is 4.70. The highest BCUT2D eigenvalue weighted by Gasteiger charge is 2.18. The van der Waals surface area contributed by atoms with Crippen molar-refractivity contribution in [2.24, 2.45) is 0 Å². The van der Waals surface area contributed by atoms with Gasteiger partial charge in [0.1, 0.15) is 11.4 Å². The van der Waals surface area contributed by atoms with Crippen LogP contribution in [0.2, 0.25) is 0 Å². The molecule has 0 aliphatic carbocycles. The summed E-state index contributed by atoms with van der Waals surface area (Å²) >= 11 is 0. The zero-order valence-corrected chi connectivity index (χ0v) is 12.4. The van der Waals surface area contributed by atoms with Crippen molar-refractivity contribution in [1.29, 1.82) is 0 Å². The summed E-state index contributed by atoms with van der Waals surface area (Å²) in [6.07, 6.45) is 0.828. The van der Waals surface area contributed by atoms with Gasteiger partial charge in [0, 0.05) is 12.1 Å². The first-order valence-electron chi connectivity index (χ1n) is 6.86. The lowest BCUT2D eigenvalue weighted by Crippen LogP contribution is -2.11. The van der Waals surface area contributed by atoms with Crippen molar-refractivity contribution < 1.29 is 9.53 Å². The maximum Gasteiger partial charge on any atom is 0.211 e. The number of aromatic nitrogens is 2. The van der Waals surface area contributed by atoms with Gasteiger partial charge in [0.25, 0.3) is 0 Å². The lowest BCUT2D eigenvalue weighted by molar-refractivity contribution is 0.102. The molecule has 0 atom stereocenters. The highest BCUT2D eigenvalue weighted by Crippen LogP contribution is 2.20. The molecule has 0 saturated carbocycles. The first-order chi connectivity index (χ1) is 9.60. The Labute approximate surface area is 119 Å². The van der Waals surface area contributed by atoms with Crippen LogP contribution >= 0.6 is 0 Å². The molecule has 0 unspecified atom stereocenters. The topological polar surface area (TPSA) is 44.1 Å². The Bertz CT molecular complexity index is 629. The van der Waals surface area contributed by atoms with Crippen molar-refractivity contribution >= 4 is 5.78 Å². The second kappa shape index (κ2) is 5.90. The maximum absolute atomic E-state index is 12.7. The Hall–Kier alpha value is -2.10. The first kappa shape index (κ1) is 14.3. The Morgan fingerprint density at radius 1 is 1.30 bits per heavy atom. The molecule has 1 aromatic carbocycles. The SMILES string of the molecule is CCc1cc(C(=O)c2ccc(OC)cc2C)n(CC)n1. The minimum Gasteiger partial charge on any atom is -0.497 e. The number of hydrogen-bond donors (Lipinski definition) is 0. The fraction of sp³-hybridized carbons (Fsp3) is 0.375. The van der Waals surface area contributed by atoms with Gasteiger partial charge in [-0.1, -0.05) is 6.92 Å². The Balaban J connectivity index is 2.43. The number of rotatable bonds is 5. The summed E-state index contributed by atoms with van der Waals surface area (Å²) < 4.78 is 6.94. The van der Waals surface area contributed by atoms with E-state index >= 15 is 0 Å². The van der Waals surface area contributed by atoms with E-state index in [1.54, 1.807) is 11.8 Å². The number of ether oxygens (including phenoxy) is 1. The van der Waals surface area contributed by atoms with Crippen LogP contribution in [0.5, 0.6) is 5.75 Å².